The van der Waals surface area contributed by atoms with E-state index < -0.39 is 21.6 Å². The zero-order valence-electron chi connectivity index (χ0n) is 13.6. The van der Waals surface area contributed by atoms with Gasteiger partial charge < -0.3 is 0 Å². The number of hydrogen-bond acceptors (Lipinski definition) is 4. The molecule has 0 atom stereocenters. The number of aromatic nitrogens is 2. The second-order valence-electron chi connectivity index (χ2n) is 5.81. The molecule has 0 unspecified atom stereocenters. The number of aryl methyl sites for hydroxylation is 1. The monoisotopic (exact) mass is 385 g/mol. The number of rotatable bonds is 4. The summed E-state index contributed by atoms with van der Waals surface area (Å²) in [5, 5.41) is 4.34. The minimum atomic E-state index is -3.78. The normalized spacial score (nSPS) is 15.2. The zero-order chi connectivity index (χ0) is 18.2. The van der Waals surface area contributed by atoms with Crippen molar-refractivity contribution in [2.45, 2.75) is 32.2 Å². The van der Waals surface area contributed by atoms with Gasteiger partial charge in [-0.25, -0.2) is 17.5 Å². The van der Waals surface area contributed by atoms with Crippen molar-refractivity contribution in [2.75, 3.05) is 6.54 Å². The SMILES string of the molecule is CCn1nc2c(cc1=O)CN(S(=O)(=O)Cc1c(F)cccc1Cl)CC2. The molecule has 0 bridgehead atoms. The fourth-order valence-corrected chi connectivity index (χ4v) is 4.68. The molecule has 0 aliphatic carbocycles. The highest BCUT2D eigenvalue weighted by atomic mass is 35.5. The topological polar surface area (TPSA) is 72.3 Å². The molecule has 25 heavy (non-hydrogen) atoms. The van der Waals surface area contributed by atoms with Crippen LogP contribution < -0.4 is 5.56 Å². The fraction of sp³-hybridized carbons (Fsp3) is 0.375. The van der Waals surface area contributed by atoms with Gasteiger partial charge in [0.15, 0.2) is 0 Å². The molecule has 0 amide bonds. The van der Waals surface area contributed by atoms with E-state index in [1.807, 2.05) is 6.92 Å². The second kappa shape index (κ2) is 6.86. The first-order chi connectivity index (χ1) is 11.8. The lowest BCUT2D eigenvalue weighted by Gasteiger charge is -2.27. The second-order valence-corrected chi connectivity index (χ2v) is 8.19. The third-order valence-electron chi connectivity index (χ3n) is 4.19. The quantitative estimate of drug-likeness (QED) is 0.806. The summed E-state index contributed by atoms with van der Waals surface area (Å²) in [5.41, 5.74) is 0.994. The van der Waals surface area contributed by atoms with Gasteiger partial charge in [-0.3, -0.25) is 4.79 Å². The van der Waals surface area contributed by atoms with Crippen LogP contribution in [-0.2, 0) is 35.3 Å². The van der Waals surface area contributed by atoms with Crippen LogP contribution in [0.3, 0.4) is 0 Å². The van der Waals surface area contributed by atoms with Crippen molar-refractivity contribution in [2.24, 2.45) is 0 Å². The molecule has 9 heteroatoms. The molecule has 1 aliphatic heterocycles. The largest absolute Gasteiger partial charge is 0.268 e. The Bertz CT molecular complexity index is 955. The van der Waals surface area contributed by atoms with Crippen molar-refractivity contribution in [3.8, 4) is 0 Å². The molecule has 2 aromatic rings. The van der Waals surface area contributed by atoms with Crippen LogP contribution in [0.5, 0.6) is 0 Å². The van der Waals surface area contributed by atoms with Gasteiger partial charge in [0.1, 0.15) is 5.82 Å². The van der Waals surface area contributed by atoms with Gasteiger partial charge >= 0.3 is 0 Å². The van der Waals surface area contributed by atoms with Crippen LogP contribution in [0, 0.1) is 5.82 Å². The van der Waals surface area contributed by atoms with Crippen molar-refractivity contribution in [1.29, 1.82) is 0 Å². The van der Waals surface area contributed by atoms with Gasteiger partial charge in [-0.2, -0.15) is 9.40 Å². The Morgan fingerprint density at radius 3 is 2.80 bits per heavy atom. The van der Waals surface area contributed by atoms with Crippen LogP contribution in [0.15, 0.2) is 29.1 Å². The maximum atomic E-state index is 13.9. The van der Waals surface area contributed by atoms with Crippen molar-refractivity contribution in [1.82, 2.24) is 14.1 Å². The predicted molar refractivity (Wildman–Crippen MR) is 92.3 cm³/mol. The molecule has 0 radical (unpaired) electrons. The summed E-state index contributed by atoms with van der Waals surface area (Å²) < 4.78 is 41.8. The molecule has 3 rings (SSSR count). The molecule has 6 nitrogen and oxygen atoms in total. The molecule has 1 aliphatic rings. The highest BCUT2D eigenvalue weighted by molar-refractivity contribution is 7.88. The van der Waals surface area contributed by atoms with Gasteiger partial charge in [0.05, 0.1) is 11.4 Å². The Labute approximate surface area is 149 Å². The molecule has 2 heterocycles. The minimum absolute atomic E-state index is 0.0468. The Kier molecular flexibility index (Phi) is 4.95. The molecule has 0 fully saturated rings. The first-order valence-corrected chi connectivity index (χ1v) is 9.81. The van der Waals surface area contributed by atoms with E-state index in [1.165, 1.54) is 33.3 Å². The maximum absolute atomic E-state index is 13.9. The number of sulfonamides is 1. The lowest BCUT2D eigenvalue weighted by molar-refractivity contribution is 0.380. The van der Waals surface area contributed by atoms with E-state index >= 15 is 0 Å². The Balaban J connectivity index is 1.88. The van der Waals surface area contributed by atoms with E-state index in [0.29, 0.717) is 18.5 Å². The van der Waals surface area contributed by atoms with Crippen molar-refractivity contribution >= 4 is 21.6 Å². The van der Waals surface area contributed by atoms with Gasteiger partial charge in [-0.05, 0) is 24.6 Å². The molecular formula is C16H17ClFN3O3S. The Hall–Kier alpha value is -1.77. The number of benzene rings is 1. The van der Waals surface area contributed by atoms with Crippen molar-refractivity contribution in [3.05, 3.63) is 62.3 Å². The summed E-state index contributed by atoms with van der Waals surface area (Å²) in [6, 6.07) is 5.48. The van der Waals surface area contributed by atoms with Crippen LogP contribution in [0.4, 0.5) is 4.39 Å². The van der Waals surface area contributed by atoms with E-state index in [0.717, 1.165) is 5.69 Å². The van der Waals surface area contributed by atoms with Gasteiger partial charge in [-0.1, -0.05) is 17.7 Å². The molecule has 1 aromatic carbocycles. The third-order valence-corrected chi connectivity index (χ3v) is 6.30. The molecule has 0 saturated carbocycles. The number of nitrogens with zero attached hydrogens (tertiary/aromatic N) is 3. The lowest BCUT2D eigenvalue weighted by atomic mass is 10.1. The van der Waals surface area contributed by atoms with Crippen LogP contribution in [0.2, 0.25) is 5.02 Å². The molecule has 0 N–H and O–H groups in total. The average molecular weight is 386 g/mol. The zero-order valence-corrected chi connectivity index (χ0v) is 15.1. The maximum Gasteiger partial charge on any atom is 0.267 e. The molecule has 134 valence electrons. The summed E-state index contributed by atoms with van der Waals surface area (Å²) in [7, 11) is -3.78. The average Bonchev–Trinajstić information content (AvgIpc) is 2.57. The smallest absolute Gasteiger partial charge is 0.267 e. The molecule has 1 aromatic heterocycles. The van der Waals surface area contributed by atoms with E-state index in [1.54, 1.807) is 0 Å². The number of hydrogen-bond donors (Lipinski definition) is 0. The first-order valence-electron chi connectivity index (χ1n) is 7.82. The summed E-state index contributed by atoms with van der Waals surface area (Å²) in [4.78, 5) is 11.9. The van der Waals surface area contributed by atoms with E-state index in [4.69, 9.17) is 11.6 Å². The summed E-state index contributed by atoms with van der Waals surface area (Å²) in [6.07, 6.45) is 0.403. The lowest BCUT2D eigenvalue weighted by Crippen LogP contribution is -2.39. The standard InChI is InChI=1S/C16H17ClFN3O3S/c1-2-21-16(22)8-11-9-20(7-6-15(11)19-21)25(23,24)10-12-13(17)4-3-5-14(12)18/h3-5,8H,2,6-7,9-10H2,1H3. The van der Waals surface area contributed by atoms with E-state index in [9.17, 15) is 17.6 Å². The van der Waals surface area contributed by atoms with E-state index in [-0.39, 0.29) is 29.2 Å². The molecule has 0 saturated heterocycles. The van der Waals surface area contributed by atoms with Crippen LogP contribution in [-0.4, -0.2) is 29.0 Å². The highest BCUT2D eigenvalue weighted by Gasteiger charge is 2.29. The first kappa shape index (κ1) is 18.0. The predicted octanol–water partition coefficient (Wildman–Crippen LogP) is 1.94. The highest BCUT2D eigenvalue weighted by Crippen LogP contribution is 2.25. The van der Waals surface area contributed by atoms with Crippen molar-refractivity contribution < 1.29 is 12.8 Å². The van der Waals surface area contributed by atoms with Crippen molar-refractivity contribution in [3.63, 3.8) is 0 Å². The molecular weight excluding hydrogens is 369 g/mol. The van der Waals surface area contributed by atoms with Gasteiger partial charge in [0.25, 0.3) is 5.56 Å². The van der Waals surface area contributed by atoms with Gasteiger partial charge in [-0.15, -0.1) is 0 Å². The summed E-state index contributed by atoms with van der Waals surface area (Å²) in [5.74, 6) is -1.17. The molecule has 0 spiro atoms. The van der Waals surface area contributed by atoms with Gasteiger partial charge in [0, 0.05) is 42.7 Å². The number of fused-ring (bicyclic) bond motifs is 1. The Morgan fingerprint density at radius 1 is 1.36 bits per heavy atom. The summed E-state index contributed by atoms with van der Waals surface area (Å²) >= 11 is 5.93. The third kappa shape index (κ3) is 3.61. The minimum Gasteiger partial charge on any atom is -0.268 e. The number of halogens is 2. The van der Waals surface area contributed by atoms with E-state index in [2.05, 4.69) is 5.10 Å². The fourth-order valence-electron chi connectivity index (χ4n) is 2.82. The van der Waals surface area contributed by atoms with Crippen LogP contribution in [0.25, 0.3) is 0 Å². The van der Waals surface area contributed by atoms with Crippen LogP contribution in [0.1, 0.15) is 23.7 Å². The summed E-state index contributed by atoms with van der Waals surface area (Å²) in [6.45, 7) is 2.56. The Morgan fingerprint density at radius 2 is 2.12 bits per heavy atom. The van der Waals surface area contributed by atoms with Gasteiger partial charge in [0.2, 0.25) is 10.0 Å². The van der Waals surface area contributed by atoms with Crippen LogP contribution >= 0.6 is 11.6 Å².